The fourth-order valence-electron chi connectivity index (χ4n) is 2.02. The number of aldehydes is 1. The van der Waals surface area contributed by atoms with Crippen LogP contribution in [0.1, 0.15) is 23.7 Å². The molecule has 0 fully saturated rings. The monoisotopic (exact) mass is 323 g/mol. The number of ether oxygens (including phenoxy) is 1. The predicted molar refractivity (Wildman–Crippen MR) is 76.3 cm³/mol. The summed E-state index contributed by atoms with van der Waals surface area (Å²) in [5, 5.41) is 0.883. The summed E-state index contributed by atoms with van der Waals surface area (Å²) in [5.41, 5.74) is 1.56. The first kappa shape index (κ1) is 13.8. The Morgan fingerprint density at radius 2 is 2.26 bits per heavy atom. The van der Waals surface area contributed by atoms with E-state index in [0.29, 0.717) is 25.1 Å². The summed E-state index contributed by atoms with van der Waals surface area (Å²) in [6.45, 7) is 2.67. The summed E-state index contributed by atoms with van der Waals surface area (Å²) in [5.74, 6) is -0.228. The number of aryl methyl sites for hydroxylation is 1. The van der Waals surface area contributed by atoms with E-state index in [0.717, 1.165) is 21.7 Å². The van der Waals surface area contributed by atoms with Crippen LogP contribution in [0, 0.1) is 0 Å². The SMILES string of the molecule is CCOC(=O)CCn1cc(C=O)c2cc(Br)ccc21. The number of carbonyl (C=O) groups excluding carboxylic acids is 2. The quantitative estimate of drug-likeness (QED) is 0.627. The van der Waals surface area contributed by atoms with Crippen LogP contribution in [0.15, 0.2) is 28.9 Å². The van der Waals surface area contributed by atoms with Crippen LogP contribution in [0.3, 0.4) is 0 Å². The van der Waals surface area contributed by atoms with E-state index in [-0.39, 0.29) is 5.97 Å². The number of nitrogens with zero attached hydrogens (tertiary/aromatic N) is 1. The Morgan fingerprint density at radius 3 is 2.95 bits per heavy atom. The lowest BCUT2D eigenvalue weighted by Crippen LogP contribution is -2.08. The average molecular weight is 324 g/mol. The second-order valence-corrected chi connectivity index (χ2v) is 5.03. The summed E-state index contributed by atoms with van der Waals surface area (Å²) in [6.07, 6.45) is 2.89. The molecule has 1 aromatic heterocycles. The van der Waals surface area contributed by atoms with Crippen molar-refractivity contribution in [2.75, 3.05) is 6.61 Å². The van der Waals surface area contributed by atoms with Gasteiger partial charge in [0.25, 0.3) is 0 Å². The molecule has 0 aliphatic heterocycles. The minimum Gasteiger partial charge on any atom is -0.466 e. The number of benzene rings is 1. The Kier molecular flexibility index (Phi) is 4.37. The van der Waals surface area contributed by atoms with Crippen molar-refractivity contribution in [1.29, 1.82) is 0 Å². The molecule has 0 bridgehead atoms. The molecular formula is C14H14BrNO3. The number of halogens is 1. The second kappa shape index (κ2) is 6.02. The van der Waals surface area contributed by atoms with E-state index in [2.05, 4.69) is 15.9 Å². The lowest BCUT2D eigenvalue weighted by atomic mass is 10.2. The Morgan fingerprint density at radius 1 is 1.47 bits per heavy atom. The second-order valence-electron chi connectivity index (χ2n) is 4.11. The van der Waals surface area contributed by atoms with Gasteiger partial charge in [0.05, 0.1) is 13.0 Å². The third-order valence-electron chi connectivity index (χ3n) is 2.86. The normalized spacial score (nSPS) is 10.6. The first-order valence-electron chi connectivity index (χ1n) is 6.05. The third kappa shape index (κ3) is 3.04. The van der Waals surface area contributed by atoms with Gasteiger partial charge in [0.1, 0.15) is 0 Å². The van der Waals surface area contributed by atoms with Crippen molar-refractivity contribution >= 4 is 39.1 Å². The molecule has 1 aromatic carbocycles. The van der Waals surface area contributed by atoms with Crippen molar-refractivity contribution in [3.8, 4) is 0 Å². The van der Waals surface area contributed by atoms with E-state index in [4.69, 9.17) is 4.74 Å². The van der Waals surface area contributed by atoms with Crippen molar-refractivity contribution in [1.82, 2.24) is 4.57 Å². The van der Waals surface area contributed by atoms with Crippen molar-refractivity contribution < 1.29 is 14.3 Å². The van der Waals surface area contributed by atoms with Crippen molar-refractivity contribution in [2.24, 2.45) is 0 Å². The summed E-state index contributed by atoms with van der Waals surface area (Å²) in [4.78, 5) is 22.4. The molecule has 0 spiro atoms. The van der Waals surface area contributed by atoms with Gasteiger partial charge >= 0.3 is 5.97 Å². The summed E-state index contributed by atoms with van der Waals surface area (Å²) < 4.78 is 7.73. The van der Waals surface area contributed by atoms with Crippen LogP contribution in [0.4, 0.5) is 0 Å². The lowest BCUT2D eigenvalue weighted by molar-refractivity contribution is -0.143. The number of esters is 1. The van der Waals surface area contributed by atoms with Gasteiger partial charge in [0.2, 0.25) is 0 Å². The number of aromatic nitrogens is 1. The van der Waals surface area contributed by atoms with E-state index in [1.807, 2.05) is 22.8 Å². The fourth-order valence-corrected chi connectivity index (χ4v) is 2.38. The van der Waals surface area contributed by atoms with Gasteiger partial charge in [0, 0.05) is 33.7 Å². The Hall–Kier alpha value is -1.62. The molecule has 19 heavy (non-hydrogen) atoms. The molecule has 1 heterocycles. The van der Waals surface area contributed by atoms with E-state index < -0.39 is 0 Å². The van der Waals surface area contributed by atoms with Gasteiger partial charge in [-0.2, -0.15) is 0 Å². The number of fused-ring (bicyclic) bond motifs is 1. The average Bonchev–Trinajstić information content (AvgIpc) is 2.74. The number of rotatable bonds is 5. The van der Waals surface area contributed by atoms with Gasteiger partial charge in [0.15, 0.2) is 6.29 Å². The van der Waals surface area contributed by atoms with Crippen LogP contribution >= 0.6 is 15.9 Å². The largest absolute Gasteiger partial charge is 0.466 e. The standard InChI is InChI=1S/C14H14BrNO3/c1-2-19-14(18)5-6-16-8-10(9-17)12-7-11(15)3-4-13(12)16/h3-4,7-9H,2,5-6H2,1H3. The first-order valence-corrected chi connectivity index (χ1v) is 6.84. The van der Waals surface area contributed by atoms with E-state index >= 15 is 0 Å². The molecule has 100 valence electrons. The zero-order valence-corrected chi connectivity index (χ0v) is 12.1. The van der Waals surface area contributed by atoms with Gasteiger partial charge in [-0.25, -0.2) is 0 Å². The van der Waals surface area contributed by atoms with Gasteiger partial charge in [-0.05, 0) is 25.1 Å². The molecule has 2 aromatic rings. The number of hydrogen-bond acceptors (Lipinski definition) is 3. The summed E-state index contributed by atoms with van der Waals surface area (Å²) in [6, 6.07) is 5.75. The van der Waals surface area contributed by atoms with Crippen LogP contribution < -0.4 is 0 Å². The van der Waals surface area contributed by atoms with Crippen LogP contribution in [0.2, 0.25) is 0 Å². The third-order valence-corrected chi connectivity index (χ3v) is 3.36. The topological polar surface area (TPSA) is 48.3 Å². The first-order chi connectivity index (χ1) is 9.15. The molecule has 0 aliphatic rings. The van der Waals surface area contributed by atoms with Crippen molar-refractivity contribution in [3.63, 3.8) is 0 Å². The molecule has 0 saturated heterocycles. The highest BCUT2D eigenvalue weighted by atomic mass is 79.9. The van der Waals surface area contributed by atoms with Crippen LogP contribution in [-0.2, 0) is 16.1 Å². The Balaban J connectivity index is 2.28. The number of carbonyl (C=O) groups is 2. The molecule has 4 nitrogen and oxygen atoms in total. The summed E-state index contributed by atoms with van der Waals surface area (Å²) in [7, 11) is 0. The predicted octanol–water partition coefficient (Wildman–Crippen LogP) is 3.17. The highest BCUT2D eigenvalue weighted by Gasteiger charge is 2.10. The number of hydrogen-bond donors (Lipinski definition) is 0. The highest BCUT2D eigenvalue weighted by molar-refractivity contribution is 9.10. The summed E-state index contributed by atoms with van der Waals surface area (Å²) >= 11 is 3.39. The molecule has 2 rings (SSSR count). The zero-order valence-electron chi connectivity index (χ0n) is 10.6. The molecule has 0 N–H and O–H groups in total. The molecule has 0 amide bonds. The van der Waals surface area contributed by atoms with Crippen molar-refractivity contribution in [2.45, 2.75) is 19.9 Å². The minimum atomic E-state index is -0.228. The Labute approximate surface area is 119 Å². The van der Waals surface area contributed by atoms with Gasteiger partial charge in [-0.15, -0.1) is 0 Å². The highest BCUT2D eigenvalue weighted by Crippen LogP contribution is 2.24. The van der Waals surface area contributed by atoms with Crippen LogP contribution in [0.5, 0.6) is 0 Å². The maximum Gasteiger partial charge on any atom is 0.307 e. The van der Waals surface area contributed by atoms with E-state index in [9.17, 15) is 9.59 Å². The maximum atomic E-state index is 11.4. The molecule has 0 unspecified atom stereocenters. The molecular weight excluding hydrogens is 310 g/mol. The smallest absolute Gasteiger partial charge is 0.307 e. The minimum absolute atomic E-state index is 0.228. The van der Waals surface area contributed by atoms with E-state index in [1.54, 1.807) is 13.1 Å². The van der Waals surface area contributed by atoms with Gasteiger partial charge < -0.3 is 9.30 Å². The molecule has 0 saturated carbocycles. The van der Waals surface area contributed by atoms with Gasteiger partial charge in [-0.1, -0.05) is 15.9 Å². The maximum absolute atomic E-state index is 11.4. The van der Waals surface area contributed by atoms with Crippen LogP contribution in [-0.4, -0.2) is 23.4 Å². The van der Waals surface area contributed by atoms with Crippen LogP contribution in [0.25, 0.3) is 10.9 Å². The molecule has 0 atom stereocenters. The zero-order chi connectivity index (χ0) is 13.8. The fraction of sp³-hybridized carbons (Fsp3) is 0.286. The molecule has 0 radical (unpaired) electrons. The lowest BCUT2D eigenvalue weighted by Gasteiger charge is -2.05. The van der Waals surface area contributed by atoms with Crippen molar-refractivity contribution in [3.05, 3.63) is 34.4 Å². The Bertz CT molecular complexity index is 618. The van der Waals surface area contributed by atoms with Gasteiger partial charge in [-0.3, -0.25) is 9.59 Å². The molecule has 0 aliphatic carbocycles. The van der Waals surface area contributed by atoms with E-state index in [1.165, 1.54) is 0 Å². The molecule has 5 heteroatoms.